The van der Waals surface area contributed by atoms with Crippen LogP contribution >= 0.6 is 11.6 Å². The first-order valence-electron chi connectivity index (χ1n) is 11.5. The van der Waals surface area contributed by atoms with Gasteiger partial charge in [0, 0.05) is 35.9 Å². The fourth-order valence-corrected chi connectivity index (χ4v) is 3.67. The maximum absolute atomic E-state index is 15.9. The Kier molecular flexibility index (Phi) is 6.51. The van der Waals surface area contributed by atoms with E-state index in [1.165, 1.54) is 26.1 Å². The van der Waals surface area contributed by atoms with E-state index in [-0.39, 0.29) is 16.9 Å². The van der Waals surface area contributed by atoms with Crippen LogP contribution in [0.25, 0.3) is 16.9 Å². The Labute approximate surface area is 216 Å². The molecule has 0 bridgehead atoms. The number of hydrogen-bond donors (Lipinski definition) is 0. The Morgan fingerprint density at radius 3 is 2.59 bits per heavy atom. The highest BCUT2D eigenvalue weighted by atomic mass is 35.5. The molecule has 4 heterocycles. The average Bonchev–Trinajstić information content (AvgIpc) is 2.89. The largest absolute Gasteiger partial charge is 0.485 e. The number of esters is 1. The van der Waals surface area contributed by atoms with Crippen LogP contribution in [0.15, 0.2) is 47.7 Å². The minimum atomic E-state index is -2.82. The number of methoxy groups -OCH3 is 1. The first kappa shape index (κ1) is 23.2. The maximum Gasteiger partial charge on any atom is 0.359 e. The normalized spacial score (nSPS) is 12.1. The fraction of sp³-hybridized carbons (Fsp3) is 0.160. The fourth-order valence-electron chi connectivity index (χ4n) is 3.49. The highest BCUT2D eigenvalue weighted by molar-refractivity contribution is 6.31. The number of aryl methyl sites for hydroxylation is 2. The molecule has 0 amide bonds. The van der Waals surface area contributed by atoms with Gasteiger partial charge < -0.3 is 9.47 Å². The summed E-state index contributed by atoms with van der Waals surface area (Å²) in [6.07, 6.45) is 3.43. The molecule has 0 aliphatic rings. The molecule has 4 aromatic heterocycles. The quantitative estimate of drug-likeness (QED) is 0.331. The predicted molar refractivity (Wildman–Crippen MR) is 127 cm³/mol. The van der Waals surface area contributed by atoms with E-state index >= 15 is 8.78 Å². The second-order valence-electron chi connectivity index (χ2n) is 7.61. The molecule has 0 fully saturated rings. The van der Waals surface area contributed by atoms with Crippen LogP contribution in [-0.4, -0.2) is 32.6 Å². The number of hydrogen-bond acceptors (Lipinski definition) is 7. The third kappa shape index (κ3) is 4.77. The van der Waals surface area contributed by atoms with Crippen molar-refractivity contribution in [1.29, 1.82) is 0 Å². The lowest BCUT2D eigenvalue weighted by atomic mass is 10.1. The minimum absolute atomic E-state index is 0.0429. The topological polar surface area (TPSA) is 96.2 Å². The van der Waals surface area contributed by atoms with Crippen LogP contribution in [0.4, 0.5) is 13.2 Å². The zero-order chi connectivity index (χ0) is 28.6. The molecule has 4 aromatic rings. The summed E-state index contributed by atoms with van der Waals surface area (Å²) in [5.74, 6) is -4.80. The molecule has 0 aliphatic heterocycles. The van der Waals surface area contributed by atoms with Crippen LogP contribution in [0.2, 0.25) is 5.02 Å². The molecule has 0 atom stereocenters. The molecule has 0 saturated carbocycles. The molecule has 0 spiro atoms. The van der Waals surface area contributed by atoms with Gasteiger partial charge in [0.15, 0.2) is 17.3 Å². The highest BCUT2D eigenvalue weighted by Crippen LogP contribution is 2.31. The van der Waals surface area contributed by atoms with Crippen molar-refractivity contribution in [2.45, 2.75) is 20.4 Å². The van der Waals surface area contributed by atoms with Crippen molar-refractivity contribution in [3.05, 3.63) is 98.3 Å². The van der Waals surface area contributed by atoms with E-state index in [0.717, 1.165) is 42.3 Å². The van der Waals surface area contributed by atoms with Crippen LogP contribution in [0.5, 0.6) is 5.75 Å². The van der Waals surface area contributed by atoms with Crippen molar-refractivity contribution < 1.29 is 30.2 Å². The van der Waals surface area contributed by atoms with Crippen LogP contribution in [0, 0.1) is 31.3 Å². The van der Waals surface area contributed by atoms with Crippen molar-refractivity contribution >= 4 is 17.6 Å². The van der Waals surface area contributed by atoms with E-state index in [1.807, 2.05) is 0 Å². The molecule has 190 valence electrons. The lowest BCUT2D eigenvalue weighted by Gasteiger charge is -2.18. The van der Waals surface area contributed by atoms with Gasteiger partial charge in [-0.1, -0.05) is 11.6 Å². The number of aromatic nitrogens is 4. The third-order valence-electron chi connectivity index (χ3n) is 5.24. The van der Waals surface area contributed by atoms with E-state index in [1.54, 1.807) is 0 Å². The molecule has 0 aliphatic carbocycles. The molecule has 8 nitrogen and oxygen atoms in total. The summed E-state index contributed by atoms with van der Waals surface area (Å²) in [6.45, 7) is 0.0226. The molecule has 0 N–H and O–H groups in total. The summed E-state index contributed by atoms with van der Waals surface area (Å²) >= 11 is 6.21. The van der Waals surface area contributed by atoms with Gasteiger partial charge in [-0.15, -0.1) is 0 Å². The molecular formula is C25H18ClF3N4O4. The number of carbonyl (C=O) groups is 1. The Hall–Kier alpha value is -4.25. The van der Waals surface area contributed by atoms with E-state index in [2.05, 4.69) is 19.7 Å². The standard InChI is InChI=1S/C25H18ClF3N4O4/c1-12-10-32-21(14-6-8-31-22(19(14)28)25(35)36-3)20(29)23(12)33-13(2)9-17(18(26)24(33)34)37-11-16-15(27)5-4-7-30-16/h4-10H,11H2,1-3H3/i11D2. The Morgan fingerprint density at radius 1 is 1.14 bits per heavy atom. The summed E-state index contributed by atoms with van der Waals surface area (Å²) in [4.78, 5) is 36.4. The van der Waals surface area contributed by atoms with E-state index < -0.39 is 69.0 Å². The van der Waals surface area contributed by atoms with Crippen molar-refractivity contribution in [3.63, 3.8) is 0 Å². The second-order valence-corrected chi connectivity index (χ2v) is 7.99. The summed E-state index contributed by atoms with van der Waals surface area (Å²) in [5, 5.41) is -0.638. The summed E-state index contributed by atoms with van der Waals surface area (Å²) < 4.78 is 72.0. The van der Waals surface area contributed by atoms with E-state index in [0.29, 0.717) is 0 Å². The molecule has 37 heavy (non-hydrogen) atoms. The van der Waals surface area contributed by atoms with Gasteiger partial charge in [0.2, 0.25) is 0 Å². The molecule has 0 aromatic carbocycles. The van der Waals surface area contributed by atoms with Crippen molar-refractivity contribution in [2.24, 2.45) is 0 Å². The number of halogens is 4. The lowest BCUT2D eigenvalue weighted by molar-refractivity contribution is 0.0588. The van der Waals surface area contributed by atoms with Gasteiger partial charge in [-0.05, 0) is 37.6 Å². The smallest absolute Gasteiger partial charge is 0.359 e. The Morgan fingerprint density at radius 2 is 1.89 bits per heavy atom. The summed E-state index contributed by atoms with van der Waals surface area (Å²) in [7, 11) is 1.03. The van der Waals surface area contributed by atoms with Gasteiger partial charge in [0.1, 0.15) is 34.5 Å². The van der Waals surface area contributed by atoms with Gasteiger partial charge >= 0.3 is 5.97 Å². The molecular weight excluding hydrogens is 513 g/mol. The lowest BCUT2D eigenvalue weighted by Crippen LogP contribution is -2.24. The first-order valence-corrected chi connectivity index (χ1v) is 10.9. The summed E-state index contributed by atoms with van der Waals surface area (Å²) in [6, 6.07) is 4.51. The zero-order valence-corrected chi connectivity index (χ0v) is 20.2. The average molecular weight is 533 g/mol. The predicted octanol–water partition coefficient (Wildman–Crippen LogP) is 4.74. The van der Waals surface area contributed by atoms with Crippen molar-refractivity contribution in [2.75, 3.05) is 7.11 Å². The van der Waals surface area contributed by atoms with E-state index in [4.69, 9.17) is 19.1 Å². The first-order chi connectivity index (χ1) is 18.4. The van der Waals surface area contributed by atoms with Gasteiger partial charge in [0.25, 0.3) is 5.56 Å². The number of ether oxygens (including phenoxy) is 2. The van der Waals surface area contributed by atoms with Gasteiger partial charge in [-0.25, -0.2) is 22.9 Å². The summed E-state index contributed by atoms with van der Waals surface area (Å²) in [5.41, 5.74) is -3.42. The third-order valence-corrected chi connectivity index (χ3v) is 5.59. The van der Waals surface area contributed by atoms with Gasteiger partial charge in [-0.2, -0.15) is 0 Å². The Balaban J connectivity index is 1.86. The van der Waals surface area contributed by atoms with Crippen molar-refractivity contribution in [1.82, 2.24) is 19.5 Å². The van der Waals surface area contributed by atoms with Crippen LogP contribution in [-0.2, 0) is 11.3 Å². The number of nitrogens with zero attached hydrogens (tertiary/aromatic N) is 4. The van der Waals surface area contributed by atoms with Crippen LogP contribution in [0.1, 0.15) is 30.2 Å². The molecule has 0 saturated heterocycles. The zero-order valence-electron chi connectivity index (χ0n) is 21.5. The van der Waals surface area contributed by atoms with Crippen LogP contribution in [0.3, 0.4) is 0 Å². The highest BCUT2D eigenvalue weighted by Gasteiger charge is 2.25. The molecule has 0 unspecified atom stereocenters. The number of rotatable bonds is 6. The van der Waals surface area contributed by atoms with Gasteiger partial charge in [-0.3, -0.25) is 19.3 Å². The van der Waals surface area contributed by atoms with Crippen LogP contribution < -0.4 is 10.3 Å². The monoisotopic (exact) mass is 532 g/mol. The molecule has 4 rings (SSSR count). The minimum Gasteiger partial charge on any atom is -0.485 e. The van der Waals surface area contributed by atoms with E-state index in [9.17, 15) is 14.0 Å². The second kappa shape index (κ2) is 10.4. The Bertz CT molecular complexity index is 1680. The molecule has 12 heteroatoms. The number of carbonyl (C=O) groups excluding carboxylic acids is 1. The number of pyridine rings is 4. The SMILES string of the molecule is [2H]C([2H])(Oc1cc(C)n(-c2c(C)cnc(-c3ccnc(C(=O)OC)c3F)c2F)c(=O)c1Cl)c1ncccc1F. The van der Waals surface area contributed by atoms with Crippen molar-refractivity contribution in [3.8, 4) is 22.7 Å². The maximum atomic E-state index is 15.9. The molecule has 0 radical (unpaired) electrons. The van der Waals surface area contributed by atoms with Gasteiger partial charge in [0.05, 0.1) is 15.5 Å².